The molecule has 0 spiro atoms. The molecule has 8 nitrogen and oxygen atoms in total. The highest BCUT2D eigenvalue weighted by molar-refractivity contribution is 5.57. The normalized spacial score (nSPS) is 15.0. The van der Waals surface area contributed by atoms with Crippen LogP contribution >= 0.6 is 0 Å². The van der Waals surface area contributed by atoms with Crippen LogP contribution in [0.15, 0.2) is 72.8 Å². The van der Waals surface area contributed by atoms with Gasteiger partial charge < -0.3 is 38.5 Å². The van der Waals surface area contributed by atoms with E-state index in [9.17, 15) is 0 Å². The van der Waals surface area contributed by atoms with Gasteiger partial charge in [0.15, 0.2) is 0 Å². The number of anilines is 4. The van der Waals surface area contributed by atoms with Crippen LogP contribution in [0.25, 0.3) is 0 Å². The average Bonchev–Trinajstić information content (AvgIpc) is 3.12. The third-order valence-electron chi connectivity index (χ3n) is 9.97. The van der Waals surface area contributed by atoms with Crippen LogP contribution in [0.4, 0.5) is 22.7 Å². The maximum atomic E-state index is 5.61. The number of rotatable bonds is 8. The highest BCUT2D eigenvalue weighted by Crippen LogP contribution is 2.30. The van der Waals surface area contributed by atoms with Crippen molar-refractivity contribution >= 4 is 22.7 Å². The molecular formula is C42H56N4O4. The quantitative estimate of drug-likeness (QED) is 0.185. The maximum absolute atomic E-state index is 5.61. The Labute approximate surface area is 300 Å². The lowest BCUT2D eigenvalue weighted by atomic mass is 10.1. The fourth-order valence-electron chi connectivity index (χ4n) is 7.10. The van der Waals surface area contributed by atoms with Gasteiger partial charge in [-0.3, -0.25) is 0 Å². The topological polar surface area (TPSA) is 49.9 Å². The van der Waals surface area contributed by atoms with Crippen LogP contribution in [0, 0.1) is 27.7 Å². The molecule has 4 aromatic carbocycles. The largest absolute Gasteiger partial charge is 0.496 e. The monoisotopic (exact) mass is 680 g/mol. The van der Waals surface area contributed by atoms with Gasteiger partial charge in [0, 0.05) is 75.1 Å². The zero-order valence-electron chi connectivity index (χ0n) is 31.4. The van der Waals surface area contributed by atoms with Crippen LogP contribution in [0.2, 0.25) is 0 Å². The van der Waals surface area contributed by atoms with Gasteiger partial charge in [-0.05, 0) is 136 Å². The summed E-state index contributed by atoms with van der Waals surface area (Å²) in [4.78, 5) is 10.2. The summed E-state index contributed by atoms with van der Waals surface area (Å²) in [6, 6.07) is 26.3. The minimum atomic E-state index is 0.903. The van der Waals surface area contributed by atoms with Gasteiger partial charge in [-0.15, -0.1) is 0 Å². The fourth-order valence-corrected chi connectivity index (χ4v) is 7.10. The van der Waals surface area contributed by atoms with Gasteiger partial charge in [-0.1, -0.05) is 0 Å². The summed E-state index contributed by atoms with van der Waals surface area (Å²) in [6.45, 7) is 15.9. The van der Waals surface area contributed by atoms with Crippen molar-refractivity contribution in [2.45, 2.75) is 40.5 Å². The molecule has 1 saturated heterocycles. The number of hydrogen-bond donors (Lipinski definition) is 0. The average molecular weight is 681 g/mol. The van der Waals surface area contributed by atoms with Crippen molar-refractivity contribution in [1.82, 2.24) is 0 Å². The van der Waals surface area contributed by atoms with E-state index in [0.717, 1.165) is 110 Å². The summed E-state index contributed by atoms with van der Waals surface area (Å²) >= 11 is 0. The first-order valence-electron chi connectivity index (χ1n) is 17.8. The van der Waals surface area contributed by atoms with E-state index in [-0.39, 0.29) is 0 Å². The summed E-state index contributed by atoms with van der Waals surface area (Å²) in [6.07, 6.45) is 2.03. The Bertz CT molecular complexity index is 1460. The number of ether oxygens (including phenoxy) is 4. The van der Waals surface area contributed by atoms with Crippen LogP contribution in [-0.4, -0.2) is 80.8 Å². The Kier molecular flexibility index (Phi) is 12.6. The SMILES string of the molecule is COc1ccc(N2CCCN(c3ccc(OC)c(C)c3)CCN(c3ccc(OC)c(C)c3)CCCN(c3ccc(OC)c(C)c3)CC2)cc1C. The second-order valence-corrected chi connectivity index (χ2v) is 13.3. The van der Waals surface area contributed by atoms with Crippen LogP contribution in [0.1, 0.15) is 35.1 Å². The second kappa shape index (κ2) is 17.3. The molecule has 8 heteroatoms. The molecule has 0 atom stereocenters. The Morgan fingerprint density at radius 1 is 0.340 bits per heavy atom. The van der Waals surface area contributed by atoms with Crippen molar-refractivity contribution in [3.8, 4) is 23.0 Å². The molecule has 1 fully saturated rings. The molecule has 1 heterocycles. The lowest BCUT2D eigenvalue weighted by Gasteiger charge is -2.35. The van der Waals surface area contributed by atoms with E-state index in [2.05, 4.69) is 120 Å². The van der Waals surface area contributed by atoms with Crippen LogP contribution in [0.3, 0.4) is 0 Å². The Morgan fingerprint density at radius 2 is 0.560 bits per heavy atom. The zero-order chi connectivity index (χ0) is 35.6. The van der Waals surface area contributed by atoms with E-state index in [1.807, 2.05) is 0 Å². The van der Waals surface area contributed by atoms with Gasteiger partial charge in [0.1, 0.15) is 23.0 Å². The van der Waals surface area contributed by atoms with E-state index in [1.54, 1.807) is 28.4 Å². The molecular weight excluding hydrogens is 624 g/mol. The molecule has 0 aromatic heterocycles. The molecule has 0 N–H and O–H groups in total. The highest BCUT2D eigenvalue weighted by atomic mass is 16.5. The molecule has 268 valence electrons. The number of hydrogen-bond acceptors (Lipinski definition) is 8. The van der Waals surface area contributed by atoms with E-state index in [1.165, 1.54) is 22.7 Å². The Morgan fingerprint density at radius 3 is 0.740 bits per heavy atom. The highest BCUT2D eigenvalue weighted by Gasteiger charge is 2.19. The number of nitrogens with zero attached hydrogens (tertiary/aromatic N) is 4. The summed E-state index contributed by atoms with van der Waals surface area (Å²) in [5.41, 5.74) is 9.52. The van der Waals surface area contributed by atoms with Crippen molar-refractivity contribution in [3.05, 3.63) is 95.1 Å². The molecule has 4 aromatic rings. The first-order valence-corrected chi connectivity index (χ1v) is 17.8. The smallest absolute Gasteiger partial charge is 0.121 e. The zero-order valence-corrected chi connectivity index (χ0v) is 31.4. The molecule has 50 heavy (non-hydrogen) atoms. The molecule has 1 aliphatic heterocycles. The van der Waals surface area contributed by atoms with Gasteiger partial charge in [0.25, 0.3) is 0 Å². The number of aryl methyl sites for hydroxylation is 4. The van der Waals surface area contributed by atoms with Gasteiger partial charge in [-0.25, -0.2) is 0 Å². The van der Waals surface area contributed by atoms with E-state index in [0.29, 0.717) is 0 Å². The Hall–Kier alpha value is -4.72. The molecule has 1 aliphatic rings. The third-order valence-corrected chi connectivity index (χ3v) is 9.97. The van der Waals surface area contributed by atoms with E-state index in [4.69, 9.17) is 18.9 Å². The lowest BCUT2D eigenvalue weighted by Crippen LogP contribution is -2.41. The molecule has 5 rings (SSSR count). The Balaban J connectivity index is 1.48. The van der Waals surface area contributed by atoms with E-state index >= 15 is 0 Å². The van der Waals surface area contributed by atoms with Crippen molar-refractivity contribution < 1.29 is 18.9 Å². The summed E-state index contributed by atoms with van der Waals surface area (Å²) < 4.78 is 22.5. The van der Waals surface area contributed by atoms with Gasteiger partial charge in [-0.2, -0.15) is 0 Å². The second-order valence-electron chi connectivity index (χ2n) is 13.3. The molecule has 0 saturated carbocycles. The summed E-state index contributed by atoms with van der Waals surface area (Å²) in [5.74, 6) is 3.68. The van der Waals surface area contributed by atoms with Crippen LogP contribution in [-0.2, 0) is 0 Å². The van der Waals surface area contributed by atoms with Crippen molar-refractivity contribution in [2.75, 3.05) is 100 Å². The van der Waals surface area contributed by atoms with E-state index < -0.39 is 0 Å². The van der Waals surface area contributed by atoms with Crippen molar-refractivity contribution in [3.63, 3.8) is 0 Å². The van der Waals surface area contributed by atoms with Crippen LogP contribution < -0.4 is 38.5 Å². The predicted octanol–water partition coefficient (Wildman–Crippen LogP) is 8.07. The number of benzene rings is 4. The van der Waals surface area contributed by atoms with Crippen LogP contribution in [0.5, 0.6) is 23.0 Å². The first-order chi connectivity index (χ1) is 24.2. The number of methoxy groups -OCH3 is 4. The molecule has 0 aliphatic carbocycles. The molecule has 0 amide bonds. The molecule has 0 bridgehead atoms. The summed E-state index contributed by atoms with van der Waals surface area (Å²) in [7, 11) is 6.96. The molecule has 0 unspecified atom stereocenters. The van der Waals surface area contributed by atoms with Crippen molar-refractivity contribution in [2.24, 2.45) is 0 Å². The van der Waals surface area contributed by atoms with Gasteiger partial charge in [0.2, 0.25) is 0 Å². The maximum Gasteiger partial charge on any atom is 0.121 e. The minimum absolute atomic E-state index is 0.903. The third kappa shape index (κ3) is 8.89. The summed E-state index contributed by atoms with van der Waals surface area (Å²) in [5, 5.41) is 0. The van der Waals surface area contributed by atoms with Crippen molar-refractivity contribution in [1.29, 1.82) is 0 Å². The first kappa shape index (κ1) is 36.6. The lowest BCUT2D eigenvalue weighted by molar-refractivity contribution is 0.411. The van der Waals surface area contributed by atoms with Gasteiger partial charge >= 0.3 is 0 Å². The minimum Gasteiger partial charge on any atom is -0.496 e. The predicted molar refractivity (Wildman–Crippen MR) is 209 cm³/mol. The fraction of sp³-hybridized carbons (Fsp3) is 0.429. The molecule has 0 radical (unpaired) electrons. The van der Waals surface area contributed by atoms with Gasteiger partial charge in [0.05, 0.1) is 28.4 Å². The standard InChI is InChI=1S/C42H56N4O4/c1-31-27-35(11-15-39(31)47-5)43-19-9-20-45(37-13-17-41(49-7)33(3)29-37)25-26-46(38-14-18-42(50-8)34(4)30-38)22-10-21-44(24-23-43)36-12-16-40(48-6)32(2)28-36/h11-18,27-30H,9-10,19-26H2,1-8H3.